The minimum Gasteiger partial charge on any atom is -0.512 e. The van der Waals surface area contributed by atoms with Crippen LogP contribution in [0.15, 0.2) is 34.8 Å². The molecule has 4 rings (SSSR count). The number of hydrogen-bond acceptors (Lipinski definition) is 5. The number of halogens is 1. The molecule has 0 atom stereocenters. The first kappa shape index (κ1) is 18.3. The predicted molar refractivity (Wildman–Crippen MR) is 109 cm³/mol. The molecule has 1 aromatic carbocycles. The third-order valence-corrected chi connectivity index (χ3v) is 5.17. The predicted octanol–water partition coefficient (Wildman–Crippen LogP) is 3.81. The Kier molecular flexibility index (Phi) is 4.08. The van der Waals surface area contributed by atoms with Crippen molar-refractivity contribution in [3.8, 4) is 11.3 Å². The van der Waals surface area contributed by atoms with Crippen LogP contribution in [0.4, 0.5) is 5.95 Å². The van der Waals surface area contributed by atoms with E-state index >= 15 is 0 Å². The summed E-state index contributed by atoms with van der Waals surface area (Å²) in [7, 11) is 0. The number of Topliss-reactive ketones (excluding diaryl/α,β-unsaturated/α-hetero) is 1. The molecule has 2 aromatic heterocycles. The molecule has 0 saturated heterocycles. The van der Waals surface area contributed by atoms with Crippen LogP contribution in [0.2, 0.25) is 5.02 Å². The molecule has 1 aliphatic rings. The largest absolute Gasteiger partial charge is 0.512 e. The first-order chi connectivity index (χ1) is 13.2. The van der Waals surface area contributed by atoms with Gasteiger partial charge in [-0.25, -0.2) is 0 Å². The third-order valence-electron chi connectivity index (χ3n) is 4.92. The van der Waals surface area contributed by atoms with Gasteiger partial charge in [-0.1, -0.05) is 37.6 Å². The Hall–Kier alpha value is -3.06. The summed E-state index contributed by atoms with van der Waals surface area (Å²) in [6.45, 7) is 3.84. The van der Waals surface area contributed by atoms with Gasteiger partial charge in [-0.15, -0.1) is 0 Å². The maximum Gasteiger partial charge on any atom is 0.262 e. The molecule has 0 unspecified atom stereocenters. The average molecular weight is 399 g/mol. The second-order valence-corrected chi connectivity index (χ2v) is 8.26. The van der Waals surface area contributed by atoms with E-state index in [9.17, 15) is 14.7 Å². The van der Waals surface area contributed by atoms with Crippen LogP contribution in [0, 0.1) is 5.41 Å². The Morgan fingerprint density at radius 1 is 1.14 bits per heavy atom. The van der Waals surface area contributed by atoms with Gasteiger partial charge in [-0.3, -0.25) is 14.6 Å². The summed E-state index contributed by atoms with van der Waals surface area (Å²) < 4.78 is 0. The number of carbonyl (C=O) groups excluding carboxylic acids is 1. The Morgan fingerprint density at radius 2 is 1.82 bits per heavy atom. The highest BCUT2D eigenvalue weighted by Gasteiger charge is 2.36. The normalized spacial score (nSPS) is 16.8. The summed E-state index contributed by atoms with van der Waals surface area (Å²) in [6.07, 6.45) is 0.598. The van der Waals surface area contributed by atoms with Crippen molar-refractivity contribution in [1.82, 2.24) is 15.0 Å². The van der Waals surface area contributed by atoms with Crippen molar-refractivity contribution in [3.05, 3.63) is 51.0 Å². The molecule has 5 N–H and O–H groups in total. The van der Waals surface area contributed by atoms with Gasteiger partial charge in [-0.2, -0.15) is 4.98 Å². The van der Waals surface area contributed by atoms with E-state index in [2.05, 4.69) is 15.0 Å². The summed E-state index contributed by atoms with van der Waals surface area (Å²) >= 11 is 5.99. The molecule has 0 radical (unpaired) electrons. The lowest BCUT2D eigenvalue weighted by Gasteiger charge is -2.29. The van der Waals surface area contributed by atoms with Gasteiger partial charge < -0.3 is 15.8 Å². The zero-order chi connectivity index (χ0) is 20.2. The molecule has 1 aliphatic carbocycles. The first-order valence-corrected chi connectivity index (χ1v) is 9.17. The standard InChI is InChI=1S/C20H19ClN4O3/c1-20(2)7-11(26)13(12(27)8-20)14-15-17(24-19(22)25-18(15)28)23-16(14)9-3-5-10(21)6-4-9/h3-6,26H,7-8H2,1-2H3,(H4,22,23,24,25,28). The number of aromatic nitrogens is 3. The molecule has 2 heterocycles. The van der Waals surface area contributed by atoms with E-state index in [0.29, 0.717) is 28.3 Å². The van der Waals surface area contributed by atoms with Gasteiger partial charge in [0.05, 0.1) is 16.7 Å². The molecule has 0 amide bonds. The van der Waals surface area contributed by atoms with Gasteiger partial charge in [0.15, 0.2) is 5.78 Å². The van der Waals surface area contributed by atoms with E-state index in [1.807, 2.05) is 13.8 Å². The molecule has 7 nitrogen and oxygen atoms in total. The van der Waals surface area contributed by atoms with Crippen molar-refractivity contribution in [2.24, 2.45) is 5.41 Å². The number of ketones is 1. The minimum absolute atomic E-state index is 0.0337. The molecule has 0 bridgehead atoms. The fourth-order valence-corrected chi connectivity index (χ4v) is 3.90. The molecule has 0 aliphatic heterocycles. The second-order valence-electron chi connectivity index (χ2n) is 7.82. The lowest BCUT2D eigenvalue weighted by molar-refractivity contribution is -0.116. The Bertz CT molecular complexity index is 1200. The van der Waals surface area contributed by atoms with E-state index in [4.69, 9.17) is 17.3 Å². The number of fused-ring (bicyclic) bond motifs is 1. The van der Waals surface area contributed by atoms with Crippen molar-refractivity contribution < 1.29 is 9.90 Å². The number of aliphatic hydroxyl groups excluding tert-OH is 1. The number of allylic oxidation sites excluding steroid dienone is 2. The maximum absolute atomic E-state index is 13.0. The number of nitrogens with two attached hydrogens (primary N) is 1. The molecular formula is C20H19ClN4O3. The number of aromatic amines is 2. The van der Waals surface area contributed by atoms with Crippen LogP contribution >= 0.6 is 11.6 Å². The summed E-state index contributed by atoms with van der Waals surface area (Å²) in [6, 6.07) is 6.95. The Labute approximate surface area is 165 Å². The molecule has 0 spiro atoms. The molecule has 28 heavy (non-hydrogen) atoms. The monoisotopic (exact) mass is 398 g/mol. The number of aliphatic hydroxyl groups is 1. The van der Waals surface area contributed by atoms with Crippen LogP contribution in [0.3, 0.4) is 0 Å². The van der Waals surface area contributed by atoms with Crippen molar-refractivity contribution >= 4 is 39.9 Å². The number of benzene rings is 1. The lowest BCUT2D eigenvalue weighted by Crippen LogP contribution is -2.25. The van der Waals surface area contributed by atoms with Gasteiger partial charge in [0.2, 0.25) is 5.95 Å². The van der Waals surface area contributed by atoms with Crippen LogP contribution in [-0.2, 0) is 4.79 Å². The first-order valence-electron chi connectivity index (χ1n) is 8.79. The number of hydrogen-bond donors (Lipinski definition) is 4. The topological polar surface area (TPSA) is 125 Å². The summed E-state index contributed by atoms with van der Waals surface area (Å²) in [5, 5.41) is 11.5. The number of carbonyl (C=O) groups is 1. The van der Waals surface area contributed by atoms with E-state index in [-0.39, 0.29) is 45.9 Å². The van der Waals surface area contributed by atoms with Crippen LogP contribution < -0.4 is 11.3 Å². The zero-order valence-corrected chi connectivity index (χ0v) is 16.1. The second kappa shape index (κ2) is 6.24. The fourth-order valence-electron chi connectivity index (χ4n) is 3.77. The highest BCUT2D eigenvalue weighted by molar-refractivity contribution is 6.30. The molecule has 144 valence electrons. The number of nitrogens with zero attached hydrogens (tertiary/aromatic N) is 1. The van der Waals surface area contributed by atoms with Crippen LogP contribution in [0.1, 0.15) is 32.3 Å². The van der Waals surface area contributed by atoms with Crippen LogP contribution in [0.25, 0.3) is 27.9 Å². The van der Waals surface area contributed by atoms with Gasteiger partial charge >= 0.3 is 0 Å². The molecule has 0 fully saturated rings. The molecule has 3 aromatic rings. The van der Waals surface area contributed by atoms with E-state index in [1.54, 1.807) is 24.3 Å². The Morgan fingerprint density at radius 3 is 2.46 bits per heavy atom. The summed E-state index contributed by atoms with van der Waals surface area (Å²) in [5.74, 6) is -0.295. The smallest absolute Gasteiger partial charge is 0.262 e. The Balaban J connectivity index is 2.09. The molecular weight excluding hydrogens is 380 g/mol. The van der Waals surface area contributed by atoms with Crippen molar-refractivity contribution in [2.75, 3.05) is 5.73 Å². The third kappa shape index (κ3) is 2.97. The lowest BCUT2D eigenvalue weighted by atomic mass is 9.74. The summed E-state index contributed by atoms with van der Waals surface area (Å²) in [4.78, 5) is 35.4. The maximum atomic E-state index is 13.0. The number of anilines is 1. The van der Waals surface area contributed by atoms with Crippen molar-refractivity contribution in [2.45, 2.75) is 26.7 Å². The van der Waals surface area contributed by atoms with Gasteiger partial charge in [-0.05, 0) is 23.1 Å². The highest BCUT2D eigenvalue weighted by Crippen LogP contribution is 2.43. The average Bonchev–Trinajstić information content (AvgIpc) is 2.93. The van der Waals surface area contributed by atoms with E-state index in [0.717, 1.165) is 0 Å². The van der Waals surface area contributed by atoms with Crippen LogP contribution in [0.5, 0.6) is 0 Å². The number of nitrogens with one attached hydrogen (secondary N) is 2. The van der Waals surface area contributed by atoms with Gasteiger partial charge in [0.1, 0.15) is 11.4 Å². The summed E-state index contributed by atoms with van der Waals surface area (Å²) in [5.41, 5.74) is 6.78. The highest BCUT2D eigenvalue weighted by atomic mass is 35.5. The fraction of sp³-hybridized carbons (Fsp3) is 0.250. The van der Waals surface area contributed by atoms with E-state index in [1.165, 1.54) is 0 Å². The molecule has 0 saturated carbocycles. The van der Waals surface area contributed by atoms with Crippen molar-refractivity contribution in [3.63, 3.8) is 0 Å². The quantitative estimate of drug-likeness (QED) is 0.522. The SMILES string of the molecule is CC1(C)CC(=O)C(c2c(-c3ccc(Cl)cc3)[nH]c3nc(N)[nH]c(=O)c23)=C(O)C1. The van der Waals surface area contributed by atoms with Crippen LogP contribution in [-0.4, -0.2) is 25.8 Å². The number of nitrogen functional groups attached to an aromatic ring is 1. The van der Waals surface area contributed by atoms with E-state index < -0.39 is 5.56 Å². The van der Waals surface area contributed by atoms with Gasteiger partial charge in [0, 0.05) is 23.4 Å². The van der Waals surface area contributed by atoms with Crippen molar-refractivity contribution in [1.29, 1.82) is 0 Å². The number of rotatable bonds is 2. The zero-order valence-electron chi connectivity index (χ0n) is 15.4. The minimum atomic E-state index is -0.480. The molecule has 8 heteroatoms. The van der Waals surface area contributed by atoms with Gasteiger partial charge in [0.25, 0.3) is 5.56 Å². The number of H-pyrrole nitrogens is 2.